The van der Waals surface area contributed by atoms with E-state index in [2.05, 4.69) is 34.4 Å². The first-order chi connectivity index (χ1) is 15.8. The van der Waals surface area contributed by atoms with Crippen LogP contribution in [0.4, 0.5) is 0 Å². The Balaban J connectivity index is 1.50. The van der Waals surface area contributed by atoms with Crippen LogP contribution in [0.15, 0.2) is 18.3 Å². The average Bonchev–Trinajstić information content (AvgIpc) is 3.36. The fourth-order valence-electron chi connectivity index (χ4n) is 4.27. The smallest absolute Gasteiger partial charge is 0.306 e. The maximum absolute atomic E-state index is 11.3. The molecule has 1 saturated carbocycles. The number of carboxylic acids is 1. The largest absolute Gasteiger partial charge is 0.489 e. The van der Waals surface area contributed by atoms with Crippen LogP contribution < -0.4 is 4.74 Å². The Hall–Kier alpha value is -3.30. The Morgan fingerprint density at radius 1 is 1.30 bits per heavy atom. The topological polar surface area (TPSA) is 121 Å². The Labute approximate surface area is 193 Å². The maximum Gasteiger partial charge on any atom is 0.306 e. The predicted octanol–water partition coefficient (Wildman–Crippen LogP) is 3.05. The quantitative estimate of drug-likeness (QED) is 0.552. The summed E-state index contributed by atoms with van der Waals surface area (Å²) in [6, 6.07) is 3.75. The van der Waals surface area contributed by atoms with E-state index in [0.717, 1.165) is 36.3 Å². The van der Waals surface area contributed by atoms with Crippen molar-refractivity contribution in [1.29, 1.82) is 0 Å². The minimum absolute atomic E-state index is 0.107. The number of aliphatic carboxylic acids is 1. The summed E-state index contributed by atoms with van der Waals surface area (Å²) in [5.74, 6) is 0.106. The van der Waals surface area contributed by atoms with Crippen LogP contribution in [0.5, 0.6) is 5.75 Å². The number of carboxylic acid groups (broad SMARTS) is 1. The van der Waals surface area contributed by atoms with E-state index >= 15 is 0 Å². The molecule has 176 valence electrons. The minimum atomic E-state index is -0.744. The molecule has 2 atom stereocenters. The van der Waals surface area contributed by atoms with E-state index in [4.69, 9.17) is 9.72 Å². The Kier molecular flexibility index (Phi) is 6.71. The van der Waals surface area contributed by atoms with Gasteiger partial charge in [0, 0.05) is 7.05 Å². The van der Waals surface area contributed by atoms with Gasteiger partial charge in [0.2, 0.25) is 0 Å². The third kappa shape index (κ3) is 5.37. The second-order valence-electron chi connectivity index (χ2n) is 9.19. The van der Waals surface area contributed by atoms with Gasteiger partial charge in [-0.2, -0.15) is 15.0 Å². The summed E-state index contributed by atoms with van der Waals surface area (Å²) >= 11 is 0. The van der Waals surface area contributed by atoms with Crippen molar-refractivity contribution in [3.8, 4) is 17.1 Å². The van der Waals surface area contributed by atoms with Crippen molar-refractivity contribution < 1.29 is 14.6 Å². The molecular weight excluding hydrogens is 422 g/mol. The second kappa shape index (κ2) is 9.68. The van der Waals surface area contributed by atoms with Gasteiger partial charge < -0.3 is 9.84 Å². The minimum Gasteiger partial charge on any atom is -0.489 e. The Bertz CT molecular complexity index is 1120. The highest BCUT2D eigenvalue weighted by molar-refractivity contribution is 5.70. The summed E-state index contributed by atoms with van der Waals surface area (Å²) in [7, 11) is 1.84. The fraction of sp³-hybridized carbons (Fsp3) is 0.565. The van der Waals surface area contributed by atoms with Crippen molar-refractivity contribution in [2.75, 3.05) is 0 Å². The molecule has 3 aromatic heterocycles. The molecule has 0 aromatic carbocycles. The Morgan fingerprint density at radius 2 is 2.12 bits per heavy atom. The summed E-state index contributed by atoms with van der Waals surface area (Å²) in [5.41, 5.74) is 3.94. The number of rotatable bonds is 8. The molecule has 0 spiro atoms. The molecule has 1 aliphatic rings. The van der Waals surface area contributed by atoms with Crippen molar-refractivity contribution in [2.45, 2.75) is 65.5 Å². The third-order valence-corrected chi connectivity index (χ3v) is 5.98. The molecule has 33 heavy (non-hydrogen) atoms. The van der Waals surface area contributed by atoms with E-state index in [9.17, 15) is 9.90 Å². The third-order valence-electron chi connectivity index (χ3n) is 5.98. The van der Waals surface area contributed by atoms with Crippen molar-refractivity contribution in [3.05, 3.63) is 35.4 Å². The molecule has 10 nitrogen and oxygen atoms in total. The summed E-state index contributed by atoms with van der Waals surface area (Å²) in [6.45, 7) is 6.64. The number of ether oxygens (including phenoxy) is 1. The van der Waals surface area contributed by atoms with Crippen LogP contribution >= 0.6 is 0 Å². The van der Waals surface area contributed by atoms with Gasteiger partial charge in [-0.15, -0.1) is 5.10 Å². The highest BCUT2D eigenvalue weighted by Crippen LogP contribution is 2.30. The number of pyridine rings is 1. The molecule has 1 aliphatic carbocycles. The molecule has 0 saturated heterocycles. The number of hydrogen-bond acceptors (Lipinski definition) is 7. The van der Waals surface area contributed by atoms with E-state index < -0.39 is 5.97 Å². The van der Waals surface area contributed by atoms with E-state index in [1.54, 1.807) is 15.7 Å². The van der Waals surface area contributed by atoms with Gasteiger partial charge in [0.1, 0.15) is 18.0 Å². The van der Waals surface area contributed by atoms with Crippen molar-refractivity contribution in [1.82, 2.24) is 35.0 Å². The van der Waals surface area contributed by atoms with Gasteiger partial charge in [0.05, 0.1) is 41.0 Å². The van der Waals surface area contributed by atoms with Crippen molar-refractivity contribution in [2.24, 2.45) is 18.9 Å². The molecule has 4 rings (SSSR count). The number of nitrogens with zero attached hydrogens (tertiary/aromatic N) is 7. The standard InChI is InChI=1S/C23H31N7O3/c1-14(2)10-17-12-24-30(27-17)13-20-22(26-28-29(20)4)19-8-9-21(15(3)25-19)33-18-7-5-6-16(11-18)23(31)32/h8-9,12,14,16,18H,5-7,10-11,13H2,1-4H3,(H,31,32). The van der Waals surface area contributed by atoms with Crippen LogP contribution in [0.1, 0.15) is 56.6 Å². The molecule has 0 aliphatic heterocycles. The van der Waals surface area contributed by atoms with E-state index in [1.807, 2.05) is 26.1 Å². The van der Waals surface area contributed by atoms with E-state index in [0.29, 0.717) is 42.4 Å². The summed E-state index contributed by atoms with van der Waals surface area (Å²) in [5, 5.41) is 26.8. The lowest BCUT2D eigenvalue weighted by atomic mass is 9.87. The van der Waals surface area contributed by atoms with Crippen molar-refractivity contribution >= 4 is 5.97 Å². The van der Waals surface area contributed by atoms with Gasteiger partial charge in [-0.1, -0.05) is 19.1 Å². The summed E-state index contributed by atoms with van der Waals surface area (Å²) in [4.78, 5) is 17.7. The van der Waals surface area contributed by atoms with E-state index in [-0.39, 0.29) is 12.0 Å². The lowest BCUT2D eigenvalue weighted by Crippen LogP contribution is -2.29. The second-order valence-corrected chi connectivity index (χ2v) is 9.19. The average molecular weight is 454 g/mol. The molecular formula is C23H31N7O3. The van der Waals surface area contributed by atoms with Crippen LogP contribution in [0.3, 0.4) is 0 Å². The summed E-state index contributed by atoms with van der Waals surface area (Å²) < 4.78 is 7.85. The maximum atomic E-state index is 11.3. The van der Waals surface area contributed by atoms with Crippen LogP contribution in [0.2, 0.25) is 0 Å². The first-order valence-corrected chi connectivity index (χ1v) is 11.4. The molecule has 3 heterocycles. The van der Waals surface area contributed by atoms with Crippen molar-refractivity contribution in [3.63, 3.8) is 0 Å². The van der Waals surface area contributed by atoms with Gasteiger partial charge >= 0.3 is 5.97 Å². The Morgan fingerprint density at radius 3 is 2.85 bits per heavy atom. The van der Waals surface area contributed by atoms with Gasteiger partial charge in [-0.3, -0.25) is 4.79 Å². The zero-order valence-corrected chi connectivity index (χ0v) is 19.6. The van der Waals surface area contributed by atoms with Gasteiger partial charge in [0.25, 0.3) is 0 Å². The number of carbonyl (C=O) groups is 1. The fourth-order valence-corrected chi connectivity index (χ4v) is 4.27. The monoisotopic (exact) mass is 453 g/mol. The van der Waals surface area contributed by atoms with Crippen LogP contribution in [0.25, 0.3) is 11.4 Å². The van der Waals surface area contributed by atoms with Crippen LogP contribution in [-0.4, -0.2) is 52.2 Å². The van der Waals surface area contributed by atoms with Gasteiger partial charge in [0.15, 0.2) is 0 Å². The zero-order chi connectivity index (χ0) is 23.5. The molecule has 2 unspecified atom stereocenters. The normalized spacial score (nSPS) is 18.6. The number of aryl methyl sites for hydroxylation is 2. The van der Waals surface area contributed by atoms with Crippen LogP contribution in [0, 0.1) is 18.8 Å². The molecule has 0 bridgehead atoms. The SMILES string of the molecule is Cc1nc(-c2nnn(C)c2Cn2ncc(CC(C)C)n2)ccc1OC1CCCC(C(=O)O)C1. The first-order valence-electron chi connectivity index (χ1n) is 11.4. The number of aromatic nitrogens is 7. The lowest BCUT2D eigenvalue weighted by molar-refractivity contribution is -0.143. The number of hydrogen-bond donors (Lipinski definition) is 1. The molecule has 10 heteroatoms. The highest BCUT2D eigenvalue weighted by Gasteiger charge is 2.28. The molecule has 3 aromatic rings. The molecule has 0 radical (unpaired) electrons. The zero-order valence-electron chi connectivity index (χ0n) is 19.6. The predicted molar refractivity (Wildman–Crippen MR) is 121 cm³/mol. The molecule has 0 amide bonds. The lowest BCUT2D eigenvalue weighted by Gasteiger charge is -2.27. The molecule has 1 N–H and O–H groups in total. The first kappa shape index (κ1) is 22.9. The van der Waals surface area contributed by atoms with Crippen LogP contribution in [-0.2, 0) is 24.8 Å². The van der Waals surface area contributed by atoms with Gasteiger partial charge in [-0.25, -0.2) is 9.67 Å². The van der Waals surface area contributed by atoms with E-state index in [1.165, 1.54) is 0 Å². The van der Waals surface area contributed by atoms with Gasteiger partial charge in [-0.05, 0) is 57.1 Å². The summed E-state index contributed by atoms with van der Waals surface area (Å²) in [6.07, 6.45) is 5.53. The highest BCUT2D eigenvalue weighted by atomic mass is 16.5. The molecule has 1 fully saturated rings.